The Balaban J connectivity index is 2.41. The van der Waals surface area contributed by atoms with Crippen molar-refractivity contribution in [3.05, 3.63) is 38.7 Å². The summed E-state index contributed by atoms with van der Waals surface area (Å²) in [6.45, 7) is 0.518. The highest BCUT2D eigenvalue weighted by atomic mass is 16.4. The predicted octanol–water partition coefficient (Wildman–Crippen LogP) is -1.80. The Labute approximate surface area is 135 Å². The molecule has 1 unspecified atom stereocenters. The fourth-order valence-electron chi connectivity index (χ4n) is 2.02. The number of carboxylic acid groups (broad SMARTS) is 1. The first kappa shape index (κ1) is 17.3. The van der Waals surface area contributed by atoms with Crippen LogP contribution in [0.15, 0.2) is 21.9 Å². The Hall–Kier alpha value is -3.01. The molecule has 0 aliphatic heterocycles. The summed E-state index contributed by atoms with van der Waals surface area (Å²) >= 11 is 0. The number of rotatable bonds is 4. The van der Waals surface area contributed by atoms with Gasteiger partial charge in [-0.3, -0.25) is 18.7 Å². The monoisotopic (exact) mass is 336 g/mol. The van der Waals surface area contributed by atoms with Crippen LogP contribution in [0.25, 0.3) is 11.0 Å². The molecule has 0 aliphatic carbocycles. The molecule has 0 saturated heterocycles. The van der Waals surface area contributed by atoms with Gasteiger partial charge in [0.2, 0.25) is 0 Å². The third-order valence-electron chi connectivity index (χ3n) is 3.61. The van der Waals surface area contributed by atoms with Crippen LogP contribution in [0.5, 0.6) is 0 Å². The topological polar surface area (TPSA) is 144 Å². The molecule has 128 valence electrons. The highest BCUT2D eigenvalue weighted by molar-refractivity contribution is 5.97. The number of fused-ring (bicyclic) bond motifs is 1. The Morgan fingerprint density at radius 2 is 1.92 bits per heavy atom. The predicted molar refractivity (Wildman–Crippen MR) is 82.8 cm³/mol. The smallest absolute Gasteiger partial charge is 0.337 e. The number of nitrogens with one attached hydrogen (secondary N) is 1. The van der Waals surface area contributed by atoms with E-state index in [-0.39, 0.29) is 16.6 Å². The summed E-state index contributed by atoms with van der Waals surface area (Å²) in [5, 5.41) is 20.7. The maximum Gasteiger partial charge on any atom is 0.337 e. The van der Waals surface area contributed by atoms with Crippen LogP contribution in [0.4, 0.5) is 0 Å². The molecular formula is C14H16N4O6. The number of nitrogens with zero attached hydrogens (tertiary/aromatic N) is 3. The Bertz CT molecular complexity index is 956. The first-order valence-electron chi connectivity index (χ1n) is 6.86. The number of carboxylic acids is 1. The second kappa shape index (κ2) is 5.89. The summed E-state index contributed by atoms with van der Waals surface area (Å²) in [5.74, 6) is -2.19. The van der Waals surface area contributed by atoms with Crippen molar-refractivity contribution in [2.24, 2.45) is 14.1 Å². The van der Waals surface area contributed by atoms with Crippen LogP contribution in [0.2, 0.25) is 0 Å². The van der Waals surface area contributed by atoms with Crippen LogP contribution in [-0.2, 0) is 18.9 Å². The van der Waals surface area contributed by atoms with Crippen LogP contribution in [-0.4, -0.2) is 48.4 Å². The fourth-order valence-corrected chi connectivity index (χ4v) is 2.02. The van der Waals surface area contributed by atoms with Crippen molar-refractivity contribution in [1.82, 2.24) is 19.4 Å². The number of aromatic nitrogens is 3. The van der Waals surface area contributed by atoms with Gasteiger partial charge >= 0.3 is 11.7 Å². The van der Waals surface area contributed by atoms with E-state index in [1.165, 1.54) is 24.7 Å². The molecule has 1 atom stereocenters. The van der Waals surface area contributed by atoms with Gasteiger partial charge in [-0.1, -0.05) is 0 Å². The van der Waals surface area contributed by atoms with Gasteiger partial charge in [-0.25, -0.2) is 14.6 Å². The van der Waals surface area contributed by atoms with Crippen molar-refractivity contribution >= 4 is 22.9 Å². The lowest BCUT2D eigenvalue weighted by Crippen LogP contribution is -2.46. The van der Waals surface area contributed by atoms with Crippen LogP contribution >= 0.6 is 0 Å². The number of hydrogen-bond donors (Lipinski definition) is 3. The van der Waals surface area contributed by atoms with Gasteiger partial charge in [0.25, 0.3) is 11.5 Å². The molecule has 10 nitrogen and oxygen atoms in total. The molecule has 0 bridgehead atoms. The summed E-state index contributed by atoms with van der Waals surface area (Å²) in [5.41, 5.74) is -3.15. The average Bonchev–Trinajstić information content (AvgIpc) is 2.55. The number of carbonyl (C=O) groups is 2. The first-order valence-corrected chi connectivity index (χ1v) is 6.86. The van der Waals surface area contributed by atoms with Crippen molar-refractivity contribution in [3.8, 4) is 0 Å². The lowest BCUT2D eigenvalue weighted by atomic mass is 10.1. The molecule has 10 heteroatoms. The summed E-state index contributed by atoms with van der Waals surface area (Å²) in [6, 6.07) is 1.26. The maximum absolute atomic E-state index is 12.1. The van der Waals surface area contributed by atoms with E-state index >= 15 is 0 Å². The molecule has 0 aromatic carbocycles. The summed E-state index contributed by atoms with van der Waals surface area (Å²) in [7, 11) is 2.75. The van der Waals surface area contributed by atoms with Gasteiger partial charge in [-0.2, -0.15) is 0 Å². The van der Waals surface area contributed by atoms with E-state index in [0.29, 0.717) is 0 Å². The lowest BCUT2D eigenvalue weighted by Gasteiger charge is -2.18. The second-order valence-electron chi connectivity index (χ2n) is 5.56. The number of amides is 1. The van der Waals surface area contributed by atoms with Gasteiger partial charge in [0.15, 0.2) is 5.60 Å². The molecule has 2 aromatic heterocycles. The van der Waals surface area contributed by atoms with Crippen molar-refractivity contribution in [2.75, 3.05) is 6.54 Å². The highest BCUT2D eigenvalue weighted by Crippen LogP contribution is 2.08. The zero-order valence-electron chi connectivity index (χ0n) is 13.2. The third-order valence-corrected chi connectivity index (χ3v) is 3.61. The molecule has 0 aliphatic rings. The average molecular weight is 336 g/mol. The van der Waals surface area contributed by atoms with Crippen LogP contribution < -0.4 is 16.6 Å². The largest absolute Gasteiger partial charge is 0.479 e. The quantitative estimate of drug-likeness (QED) is 0.597. The van der Waals surface area contributed by atoms with E-state index in [0.717, 1.165) is 17.7 Å². The van der Waals surface area contributed by atoms with E-state index in [1.54, 1.807) is 0 Å². The molecule has 0 spiro atoms. The Morgan fingerprint density at radius 3 is 2.50 bits per heavy atom. The zero-order chi connectivity index (χ0) is 18.2. The Morgan fingerprint density at radius 1 is 1.29 bits per heavy atom. The number of carbonyl (C=O) groups excluding carboxylic acids is 1. The summed E-state index contributed by atoms with van der Waals surface area (Å²) in [4.78, 5) is 50.8. The minimum Gasteiger partial charge on any atom is -0.479 e. The van der Waals surface area contributed by atoms with Crippen LogP contribution in [0.3, 0.4) is 0 Å². The van der Waals surface area contributed by atoms with Crippen molar-refractivity contribution in [2.45, 2.75) is 12.5 Å². The number of aliphatic carboxylic acids is 1. The van der Waals surface area contributed by atoms with Gasteiger partial charge in [0, 0.05) is 20.3 Å². The number of aliphatic hydroxyl groups is 1. The van der Waals surface area contributed by atoms with Gasteiger partial charge in [0.1, 0.15) is 5.65 Å². The third kappa shape index (κ3) is 2.91. The lowest BCUT2D eigenvalue weighted by molar-refractivity contribution is -0.155. The van der Waals surface area contributed by atoms with Gasteiger partial charge in [-0.05, 0) is 13.0 Å². The minimum absolute atomic E-state index is 0.000521. The van der Waals surface area contributed by atoms with E-state index in [1.807, 2.05) is 0 Å². The van der Waals surface area contributed by atoms with E-state index < -0.39 is 35.3 Å². The second-order valence-corrected chi connectivity index (χ2v) is 5.56. The van der Waals surface area contributed by atoms with Gasteiger partial charge < -0.3 is 15.5 Å². The van der Waals surface area contributed by atoms with Crippen LogP contribution in [0, 0.1) is 0 Å². The van der Waals surface area contributed by atoms with Gasteiger partial charge in [0.05, 0.1) is 17.5 Å². The molecule has 2 aromatic rings. The summed E-state index contributed by atoms with van der Waals surface area (Å²) in [6.07, 6.45) is 1.16. The standard InChI is InChI=1S/C14H16N4O6/c1-14(24,12(21)22)6-16-10(19)7-4-8-9(15-5-7)17(2)13(23)18(3)11(8)20/h4-5,24H,6H2,1-3H3,(H,16,19)(H,21,22). The molecule has 2 rings (SSSR count). The number of hydrogen-bond acceptors (Lipinski definition) is 6. The summed E-state index contributed by atoms with van der Waals surface area (Å²) < 4.78 is 2.06. The first-order chi connectivity index (χ1) is 11.1. The van der Waals surface area contributed by atoms with E-state index in [4.69, 9.17) is 5.11 Å². The molecule has 0 fully saturated rings. The van der Waals surface area contributed by atoms with Crippen molar-refractivity contribution in [3.63, 3.8) is 0 Å². The SMILES string of the molecule is Cn1c(=O)c2cc(C(=O)NCC(C)(O)C(=O)O)cnc2n(C)c1=O. The number of aryl methyl sites for hydroxylation is 1. The molecular weight excluding hydrogens is 320 g/mol. The van der Waals surface area contributed by atoms with Gasteiger partial charge in [-0.15, -0.1) is 0 Å². The molecule has 2 heterocycles. The van der Waals surface area contributed by atoms with Crippen LogP contribution in [0.1, 0.15) is 17.3 Å². The van der Waals surface area contributed by atoms with E-state index in [2.05, 4.69) is 10.3 Å². The highest BCUT2D eigenvalue weighted by Gasteiger charge is 2.30. The number of pyridine rings is 1. The molecule has 0 saturated carbocycles. The molecule has 1 amide bonds. The molecule has 3 N–H and O–H groups in total. The molecule has 24 heavy (non-hydrogen) atoms. The Kier molecular flexibility index (Phi) is 4.26. The van der Waals surface area contributed by atoms with E-state index in [9.17, 15) is 24.3 Å². The fraction of sp³-hybridized carbons (Fsp3) is 0.357. The minimum atomic E-state index is -2.13. The maximum atomic E-state index is 12.1. The van der Waals surface area contributed by atoms with Crippen molar-refractivity contribution < 1.29 is 19.8 Å². The normalized spacial score (nSPS) is 13.5. The zero-order valence-corrected chi connectivity index (χ0v) is 13.2. The van der Waals surface area contributed by atoms with Crippen molar-refractivity contribution in [1.29, 1.82) is 0 Å². The molecule has 0 radical (unpaired) electrons.